The van der Waals surface area contributed by atoms with Crippen LogP contribution >= 0.6 is 11.3 Å². The molecule has 2 nitrogen and oxygen atoms in total. The Morgan fingerprint density at radius 2 is 2.18 bits per heavy atom. The van der Waals surface area contributed by atoms with E-state index in [0.717, 1.165) is 13.1 Å². The Bertz CT molecular complexity index is 492. The van der Waals surface area contributed by atoms with E-state index >= 15 is 0 Å². The monoisotopic (exact) mass is 244 g/mol. The number of rotatable bonds is 2. The number of aromatic nitrogens is 1. The largest absolute Gasteiger partial charge is 0.292 e. The second-order valence-electron chi connectivity index (χ2n) is 4.55. The highest BCUT2D eigenvalue weighted by Gasteiger charge is 2.24. The van der Waals surface area contributed by atoms with Gasteiger partial charge >= 0.3 is 0 Å². The van der Waals surface area contributed by atoms with E-state index in [2.05, 4.69) is 40.4 Å². The summed E-state index contributed by atoms with van der Waals surface area (Å²) < 4.78 is 0. The lowest BCUT2D eigenvalue weighted by Gasteiger charge is -2.33. The van der Waals surface area contributed by atoms with Crippen molar-refractivity contribution in [1.82, 2.24) is 9.88 Å². The molecule has 0 aromatic carbocycles. The molecule has 0 fully saturated rings. The molecule has 0 radical (unpaired) electrons. The van der Waals surface area contributed by atoms with Gasteiger partial charge in [-0.2, -0.15) is 0 Å². The van der Waals surface area contributed by atoms with Crippen LogP contribution in [-0.4, -0.2) is 16.4 Å². The fourth-order valence-electron chi connectivity index (χ4n) is 2.50. The van der Waals surface area contributed by atoms with E-state index in [4.69, 9.17) is 0 Å². The molecule has 0 saturated carbocycles. The van der Waals surface area contributed by atoms with Crippen molar-refractivity contribution in [2.45, 2.75) is 25.9 Å². The minimum Gasteiger partial charge on any atom is -0.292 e. The third kappa shape index (κ3) is 2.13. The fourth-order valence-corrected chi connectivity index (χ4v) is 3.46. The van der Waals surface area contributed by atoms with E-state index < -0.39 is 0 Å². The zero-order valence-corrected chi connectivity index (χ0v) is 10.8. The van der Waals surface area contributed by atoms with Crippen molar-refractivity contribution in [2.75, 3.05) is 6.54 Å². The van der Waals surface area contributed by atoms with Gasteiger partial charge in [0.05, 0.1) is 0 Å². The number of nitrogens with zero attached hydrogens (tertiary/aromatic N) is 2. The van der Waals surface area contributed by atoms with Crippen LogP contribution < -0.4 is 0 Å². The first-order valence-electron chi connectivity index (χ1n) is 6.04. The maximum absolute atomic E-state index is 4.07. The van der Waals surface area contributed by atoms with Crippen LogP contribution in [0.1, 0.15) is 29.0 Å². The molecule has 0 aliphatic carbocycles. The van der Waals surface area contributed by atoms with Crippen LogP contribution in [0.4, 0.5) is 0 Å². The first-order valence-corrected chi connectivity index (χ1v) is 6.92. The topological polar surface area (TPSA) is 16.1 Å². The molecule has 17 heavy (non-hydrogen) atoms. The molecule has 2 aromatic heterocycles. The molecule has 88 valence electrons. The Kier molecular flexibility index (Phi) is 2.95. The van der Waals surface area contributed by atoms with Gasteiger partial charge in [-0.3, -0.25) is 9.88 Å². The molecular weight excluding hydrogens is 228 g/mol. The van der Waals surface area contributed by atoms with Crippen LogP contribution in [0.2, 0.25) is 0 Å². The minimum atomic E-state index is 0.540. The van der Waals surface area contributed by atoms with E-state index in [1.165, 1.54) is 17.5 Å². The number of hydrogen-bond acceptors (Lipinski definition) is 3. The summed E-state index contributed by atoms with van der Waals surface area (Å²) in [5.41, 5.74) is 2.88. The van der Waals surface area contributed by atoms with E-state index in [9.17, 15) is 0 Å². The molecule has 0 N–H and O–H groups in total. The fraction of sp³-hybridized carbons (Fsp3) is 0.357. The number of hydrogen-bond donors (Lipinski definition) is 0. The van der Waals surface area contributed by atoms with Crippen LogP contribution in [0.5, 0.6) is 0 Å². The average molecular weight is 244 g/mol. The molecule has 0 spiro atoms. The van der Waals surface area contributed by atoms with E-state index in [-0.39, 0.29) is 0 Å². The molecule has 1 aliphatic heterocycles. The van der Waals surface area contributed by atoms with Gasteiger partial charge in [0.15, 0.2) is 0 Å². The Morgan fingerprint density at radius 1 is 1.35 bits per heavy atom. The molecule has 3 heterocycles. The molecular formula is C14H16N2S. The molecule has 0 bridgehead atoms. The molecule has 0 saturated heterocycles. The summed E-state index contributed by atoms with van der Waals surface area (Å²) in [4.78, 5) is 8.19. The van der Waals surface area contributed by atoms with Gasteiger partial charge in [0.1, 0.15) is 0 Å². The van der Waals surface area contributed by atoms with Crippen molar-refractivity contribution in [3.8, 4) is 0 Å². The van der Waals surface area contributed by atoms with Crippen molar-refractivity contribution < 1.29 is 0 Å². The summed E-state index contributed by atoms with van der Waals surface area (Å²) in [6.45, 7) is 4.50. The molecule has 0 amide bonds. The third-order valence-electron chi connectivity index (χ3n) is 3.54. The Hall–Kier alpha value is -1.19. The van der Waals surface area contributed by atoms with Crippen molar-refractivity contribution in [2.24, 2.45) is 0 Å². The molecule has 1 atom stereocenters. The standard InChI is InChI=1S/C14H16N2S/c1-11-13-5-9-17-14(13)4-8-16(11)10-12-2-6-15-7-3-12/h2-3,5-7,9,11H,4,8,10H2,1H3. The zero-order valence-electron chi connectivity index (χ0n) is 9.97. The Morgan fingerprint density at radius 3 is 3.00 bits per heavy atom. The maximum atomic E-state index is 4.07. The number of thiophene rings is 1. The van der Waals surface area contributed by atoms with Crippen LogP contribution in [0.15, 0.2) is 36.0 Å². The van der Waals surface area contributed by atoms with Crippen molar-refractivity contribution in [3.05, 3.63) is 52.0 Å². The van der Waals surface area contributed by atoms with Gasteiger partial charge in [0.25, 0.3) is 0 Å². The minimum absolute atomic E-state index is 0.540. The summed E-state index contributed by atoms with van der Waals surface area (Å²) in [6.07, 6.45) is 4.95. The second kappa shape index (κ2) is 4.59. The quantitative estimate of drug-likeness (QED) is 0.806. The number of pyridine rings is 1. The van der Waals surface area contributed by atoms with Crippen molar-refractivity contribution >= 4 is 11.3 Å². The van der Waals surface area contributed by atoms with E-state index in [1.807, 2.05) is 23.7 Å². The molecule has 3 rings (SSSR count). The highest BCUT2D eigenvalue weighted by Crippen LogP contribution is 2.33. The lowest BCUT2D eigenvalue weighted by molar-refractivity contribution is 0.191. The van der Waals surface area contributed by atoms with Gasteiger partial charge in [0, 0.05) is 36.4 Å². The maximum Gasteiger partial charge on any atom is 0.0334 e. The van der Waals surface area contributed by atoms with Crippen molar-refractivity contribution in [1.29, 1.82) is 0 Å². The van der Waals surface area contributed by atoms with Crippen LogP contribution in [0.25, 0.3) is 0 Å². The summed E-state index contributed by atoms with van der Waals surface area (Å²) in [6, 6.07) is 7.04. The highest BCUT2D eigenvalue weighted by molar-refractivity contribution is 7.10. The molecule has 2 aromatic rings. The van der Waals surface area contributed by atoms with Gasteiger partial charge < -0.3 is 0 Å². The SMILES string of the molecule is CC1c2ccsc2CCN1Cc1ccncc1. The van der Waals surface area contributed by atoms with Gasteiger partial charge in [0.2, 0.25) is 0 Å². The highest BCUT2D eigenvalue weighted by atomic mass is 32.1. The Balaban J connectivity index is 1.78. The lowest BCUT2D eigenvalue weighted by atomic mass is 10.0. The summed E-state index contributed by atoms with van der Waals surface area (Å²) in [5, 5.41) is 2.22. The third-order valence-corrected chi connectivity index (χ3v) is 4.54. The summed E-state index contributed by atoms with van der Waals surface area (Å²) in [5.74, 6) is 0. The second-order valence-corrected chi connectivity index (χ2v) is 5.55. The van der Waals surface area contributed by atoms with Crippen LogP contribution in [0.3, 0.4) is 0 Å². The van der Waals surface area contributed by atoms with Crippen LogP contribution in [0, 0.1) is 0 Å². The van der Waals surface area contributed by atoms with Gasteiger partial charge in [-0.1, -0.05) is 0 Å². The van der Waals surface area contributed by atoms with E-state index in [0.29, 0.717) is 6.04 Å². The first kappa shape index (κ1) is 10.9. The molecule has 1 aliphatic rings. The number of fused-ring (bicyclic) bond motifs is 1. The van der Waals surface area contributed by atoms with Gasteiger partial charge in [-0.05, 0) is 48.1 Å². The molecule has 1 unspecified atom stereocenters. The summed E-state index contributed by atoms with van der Waals surface area (Å²) in [7, 11) is 0. The predicted octanol–water partition coefficient (Wildman–Crippen LogP) is 3.26. The zero-order chi connectivity index (χ0) is 11.7. The predicted molar refractivity (Wildman–Crippen MR) is 71.1 cm³/mol. The van der Waals surface area contributed by atoms with Crippen molar-refractivity contribution in [3.63, 3.8) is 0 Å². The Labute approximate surface area is 106 Å². The smallest absolute Gasteiger partial charge is 0.0334 e. The molecule has 3 heteroatoms. The lowest BCUT2D eigenvalue weighted by Crippen LogP contribution is -2.32. The first-order chi connectivity index (χ1) is 8.34. The average Bonchev–Trinajstić information content (AvgIpc) is 2.83. The van der Waals surface area contributed by atoms with Gasteiger partial charge in [-0.15, -0.1) is 11.3 Å². The van der Waals surface area contributed by atoms with E-state index in [1.54, 1.807) is 4.88 Å². The summed E-state index contributed by atoms with van der Waals surface area (Å²) >= 11 is 1.90. The van der Waals surface area contributed by atoms with Crippen LogP contribution in [-0.2, 0) is 13.0 Å². The normalized spacial score (nSPS) is 20.2. The van der Waals surface area contributed by atoms with Gasteiger partial charge in [-0.25, -0.2) is 0 Å².